The molecule has 4 aliphatic rings. The van der Waals surface area contributed by atoms with Gasteiger partial charge in [-0.3, -0.25) is 9.59 Å². The summed E-state index contributed by atoms with van der Waals surface area (Å²) in [5, 5.41) is 0. The highest BCUT2D eigenvalue weighted by Gasteiger charge is 2.60. The van der Waals surface area contributed by atoms with Crippen LogP contribution in [0.2, 0.25) is 0 Å². The molecule has 24 heavy (non-hydrogen) atoms. The molecule has 0 amide bonds. The number of rotatable bonds is 1. The van der Waals surface area contributed by atoms with E-state index in [1.54, 1.807) is 0 Å². The predicted molar refractivity (Wildman–Crippen MR) is 95.4 cm³/mol. The van der Waals surface area contributed by atoms with Crippen molar-refractivity contribution in [1.82, 2.24) is 0 Å². The molecule has 7 atom stereocenters. The van der Waals surface area contributed by atoms with Crippen molar-refractivity contribution in [2.45, 2.75) is 72.6 Å². The van der Waals surface area contributed by atoms with E-state index in [2.05, 4.69) is 20.8 Å². The molecule has 0 saturated heterocycles. The topological polar surface area (TPSA) is 34.1 Å². The van der Waals surface area contributed by atoms with Crippen LogP contribution in [0.25, 0.3) is 0 Å². The second-order valence-corrected chi connectivity index (χ2v) is 9.78. The van der Waals surface area contributed by atoms with Crippen LogP contribution in [0.3, 0.4) is 0 Å². The van der Waals surface area contributed by atoms with Gasteiger partial charge in [0.05, 0.1) is 0 Å². The Kier molecular flexibility index (Phi) is 3.64. The fourth-order valence-electron chi connectivity index (χ4n) is 7.65. The van der Waals surface area contributed by atoms with Crippen LogP contribution in [0.4, 0.5) is 0 Å². The molecule has 0 aromatic rings. The third kappa shape index (κ3) is 2.07. The summed E-state index contributed by atoms with van der Waals surface area (Å²) in [5.41, 5.74) is 1.91. The summed E-state index contributed by atoms with van der Waals surface area (Å²) < 4.78 is 0. The van der Waals surface area contributed by atoms with Crippen molar-refractivity contribution in [3.8, 4) is 0 Å². The number of Topliss-reactive ketones (excluding diaryl/α,β-unsaturated/α-hetero) is 1. The fraction of sp³-hybridized carbons (Fsp3) is 0.818. The maximum atomic E-state index is 12.2. The number of carbonyl (C=O) groups excluding carboxylic acids is 2. The average molecular weight is 328 g/mol. The Hall–Kier alpha value is -0.920. The highest BCUT2D eigenvalue weighted by molar-refractivity contribution is 5.91. The molecule has 2 heteroatoms. The van der Waals surface area contributed by atoms with Crippen LogP contribution in [0.5, 0.6) is 0 Å². The summed E-state index contributed by atoms with van der Waals surface area (Å²) >= 11 is 0. The highest BCUT2D eigenvalue weighted by Crippen LogP contribution is 2.67. The zero-order valence-electron chi connectivity index (χ0n) is 15.7. The molecule has 2 nitrogen and oxygen atoms in total. The summed E-state index contributed by atoms with van der Waals surface area (Å²) in [6, 6.07) is 0. The molecule has 0 spiro atoms. The minimum atomic E-state index is 0.228. The van der Waals surface area contributed by atoms with Crippen molar-refractivity contribution in [3.05, 3.63) is 11.6 Å². The Morgan fingerprint density at radius 3 is 2.58 bits per heavy atom. The summed E-state index contributed by atoms with van der Waals surface area (Å²) in [4.78, 5) is 24.2. The molecule has 0 aromatic carbocycles. The van der Waals surface area contributed by atoms with Crippen molar-refractivity contribution >= 4 is 11.6 Å². The van der Waals surface area contributed by atoms with E-state index in [0.717, 1.165) is 31.1 Å². The van der Waals surface area contributed by atoms with E-state index in [1.165, 1.54) is 31.3 Å². The standard InChI is InChI=1S/C22H32O2/c1-13-11-16-18-6-5-17(14(2)23)21(18,3)10-8-19(16)22(4)9-7-15(24)12-20(13)22/h12-13,16-19H,5-11H2,1-4H3/t13?,16-,17+,18-,19-,21+,22+/m0/s1. The minimum Gasteiger partial charge on any atom is -0.300 e. The zero-order chi connectivity index (χ0) is 17.3. The van der Waals surface area contributed by atoms with Gasteiger partial charge in [-0.25, -0.2) is 0 Å². The first-order chi connectivity index (χ1) is 11.3. The lowest BCUT2D eigenvalue weighted by atomic mass is 9.45. The lowest BCUT2D eigenvalue weighted by Crippen LogP contribution is -2.52. The molecule has 0 aliphatic heterocycles. The molecule has 3 saturated carbocycles. The normalized spacial score (nSPS) is 50.6. The van der Waals surface area contributed by atoms with Crippen molar-refractivity contribution < 1.29 is 9.59 Å². The molecule has 0 heterocycles. The third-order valence-electron chi connectivity index (χ3n) is 8.77. The lowest BCUT2D eigenvalue weighted by Gasteiger charge is -2.59. The molecule has 0 aromatic heterocycles. The van der Waals surface area contributed by atoms with Crippen molar-refractivity contribution in [3.63, 3.8) is 0 Å². The summed E-state index contributed by atoms with van der Waals surface area (Å²) in [6.45, 7) is 9.00. The maximum Gasteiger partial charge on any atom is 0.155 e. The van der Waals surface area contributed by atoms with Crippen LogP contribution >= 0.6 is 0 Å². The summed E-state index contributed by atoms with van der Waals surface area (Å²) in [7, 11) is 0. The SMILES string of the molecule is CC(=O)[C@H]1CC[C@H]2[C@@H]3CC(C)C4=CC(=O)CC[C@]4(C)[C@H]3CC[C@]12C. The maximum absolute atomic E-state index is 12.2. The van der Waals surface area contributed by atoms with Gasteiger partial charge in [0.15, 0.2) is 5.78 Å². The molecular weight excluding hydrogens is 296 g/mol. The van der Waals surface area contributed by atoms with Gasteiger partial charge in [-0.15, -0.1) is 0 Å². The van der Waals surface area contributed by atoms with E-state index >= 15 is 0 Å². The lowest BCUT2D eigenvalue weighted by molar-refractivity contribution is -0.129. The minimum absolute atomic E-state index is 0.228. The Morgan fingerprint density at radius 2 is 1.88 bits per heavy atom. The Bertz CT molecular complexity index is 617. The van der Waals surface area contributed by atoms with Crippen molar-refractivity contribution in [2.24, 2.45) is 40.4 Å². The first-order valence-corrected chi connectivity index (χ1v) is 10.0. The Balaban J connectivity index is 1.71. The zero-order valence-corrected chi connectivity index (χ0v) is 15.7. The first kappa shape index (κ1) is 16.5. The number of fused-ring (bicyclic) bond motifs is 5. The Morgan fingerprint density at radius 1 is 1.12 bits per heavy atom. The molecule has 0 N–H and O–H groups in total. The van der Waals surface area contributed by atoms with Crippen molar-refractivity contribution in [1.29, 1.82) is 0 Å². The van der Waals surface area contributed by atoms with Gasteiger partial charge >= 0.3 is 0 Å². The molecule has 132 valence electrons. The average Bonchev–Trinajstić information content (AvgIpc) is 2.87. The number of allylic oxidation sites excluding steroid dienone is 1. The molecular formula is C22H32O2. The van der Waals surface area contributed by atoms with Gasteiger partial charge in [-0.1, -0.05) is 26.3 Å². The molecule has 1 unspecified atom stereocenters. The fourth-order valence-corrected chi connectivity index (χ4v) is 7.65. The van der Waals surface area contributed by atoms with Gasteiger partial charge in [-0.05, 0) is 86.0 Å². The number of hydrogen-bond acceptors (Lipinski definition) is 2. The first-order valence-electron chi connectivity index (χ1n) is 10.0. The third-order valence-corrected chi connectivity index (χ3v) is 8.77. The van der Waals surface area contributed by atoms with Gasteiger partial charge < -0.3 is 0 Å². The highest BCUT2D eigenvalue weighted by atomic mass is 16.1. The van der Waals surface area contributed by atoms with Crippen LogP contribution in [-0.2, 0) is 9.59 Å². The van der Waals surface area contributed by atoms with E-state index < -0.39 is 0 Å². The van der Waals surface area contributed by atoms with Gasteiger partial charge in [0.25, 0.3) is 0 Å². The van der Waals surface area contributed by atoms with Crippen molar-refractivity contribution in [2.75, 3.05) is 0 Å². The van der Waals surface area contributed by atoms with Crippen LogP contribution in [0.15, 0.2) is 11.6 Å². The molecule has 0 bridgehead atoms. The van der Waals surface area contributed by atoms with Gasteiger partial charge in [0, 0.05) is 12.3 Å². The van der Waals surface area contributed by atoms with E-state index in [9.17, 15) is 9.59 Å². The monoisotopic (exact) mass is 328 g/mol. The molecule has 4 rings (SSSR count). The number of hydrogen-bond donors (Lipinski definition) is 0. The van der Waals surface area contributed by atoms with E-state index in [1.807, 2.05) is 13.0 Å². The van der Waals surface area contributed by atoms with Crippen LogP contribution in [-0.4, -0.2) is 11.6 Å². The van der Waals surface area contributed by atoms with Crippen LogP contribution < -0.4 is 0 Å². The van der Waals surface area contributed by atoms with Gasteiger partial charge in [-0.2, -0.15) is 0 Å². The second kappa shape index (κ2) is 5.29. The predicted octanol–water partition coefficient (Wildman–Crippen LogP) is 4.97. The van der Waals surface area contributed by atoms with Gasteiger partial charge in [0.1, 0.15) is 5.78 Å². The van der Waals surface area contributed by atoms with Crippen LogP contribution in [0.1, 0.15) is 72.6 Å². The summed E-state index contributed by atoms with van der Waals surface area (Å²) in [6.07, 6.45) is 9.80. The van der Waals surface area contributed by atoms with E-state index in [0.29, 0.717) is 23.4 Å². The van der Waals surface area contributed by atoms with Crippen LogP contribution in [0, 0.1) is 40.4 Å². The molecule has 3 fully saturated rings. The van der Waals surface area contributed by atoms with E-state index in [4.69, 9.17) is 0 Å². The summed E-state index contributed by atoms with van der Waals surface area (Å²) in [5.74, 6) is 3.75. The largest absolute Gasteiger partial charge is 0.300 e. The Labute approximate surface area is 146 Å². The second-order valence-electron chi connectivity index (χ2n) is 9.78. The molecule has 4 aliphatic carbocycles. The quantitative estimate of drug-likeness (QED) is 0.681. The van der Waals surface area contributed by atoms with E-state index in [-0.39, 0.29) is 16.7 Å². The molecule has 0 radical (unpaired) electrons. The number of ketones is 2. The smallest absolute Gasteiger partial charge is 0.155 e. The van der Waals surface area contributed by atoms with Gasteiger partial charge in [0.2, 0.25) is 0 Å². The number of carbonyl (C=O) groups is 2.